The summed E-state index contributed by atoms with van der Waals surface area (Å²) in [7, 11) is 1.55. The average Bonchev–Trinajstić information content (AvgIpc) is 3.03. The van der Waals surface area contributed by atoms with E-state index >= 15 is 0 Å². The summed E-state index contributed by atoms with van der Waals surface area (Å²) in [4.78, 5) is 16.3. The zero-order valence-corrected chi connectivity index (χ0v) is 17.4. The first-order valence-corrected chi connectivity index (χ1v) is 9.53. The third-order valence-electron chi connectivity index (χ3n) is 4.34. The Morgan fingerprint density at radius 2 is 2.07 bits per heavy atom. The van der Waals surface area contributed by atoms with Crippen LogP contribution in [0.4, 0.5) is 0 Å². The number of aromatic amines is 1. The number of allylic oxidation sites excluding steroid dienone is 1. The fourth-order valence-corrected chi connectivity index (χ4v) is 3.70. The summed E-state index contributed by atoms with van der Waals surface area (Å²) in [6.07, 6.45) is 1.56. The van der Waals surface area contributed by atoms with E-state index in [0.29, 0.717) is 33.7 Å². The summed E-state index contributed by atoms with van der Waals surface area (Å²) in [6, 6.07) is 13.1. The lowest BCUT2D eigenvalue weighted by Crippen LogP contribution is -2.03. The maximum Gasteiger partial charge on any atom is 0.205 e. The molecule has 1 N–H and O–H groups in total. The molecule has 0 saturated heterocycles. The molecule has 2 aromatic carbocycles. The highest BCUT2D eigenvalue weighted by Crippen LogP contribution is 2.37. The number of halogens is 1. The summed E-state index contributed by atoms with van der Waals surface area (Å²) in [5.74, 6) is 0.788. The first kappa shape index (κ1) is 19.7. The molecule has 1 heterocycles. The molecule has 0 aliphatic carbocycles. The van der Waals surface area contributed by atoms with Gasteiger partial charge in [0.1, 0.15) is 11.6 Å². The number of nitriles is 1. The number of benzene rings is 2. The van der Waals surface area contributed by atoms with E-state index in [1.54, 1.807) is 25.3 Å². The van der Waals surface area contributed by atoms with Gasteiger partial charge in [-0.15, -0.1) is 0 Å². The van der Waals surface area contributed by atoms with Crippen LogP contribution in [0.2, 0.25) is 0 Å². The Morgan fingerprint density at radius 3 is 2.75 bits per heavy atom. The number of carbonyl (C=O) groups excluding carboxylic acids is 1. The standard InChI is InChI=1S/C22H19BrN2O3/c1-4-28-22-17(23)10-14(11-19(22)27-3)9-15(12-24)21(26)20-13(2)25-18-8-6-5-7-16(18)20/h5-11,25H,4H2,1-3H3/b15-9+. The molecule has 5 nitrogen and oxygen atoms in total. The van der Waals surface area contributed by atoms with Gasteiger partial charge in [-0.05, 0) is 59.6 Å². The second-order valence-corrected chi connectivity index (χ2v) is 6.99. The molecule has 0 saturated carbocycles. The lowest BCUT2D eigenvalue weighted by Gasteiger charge is -2.12. The second kappa shape index (κ2) is 8.32. The molecule has 0 bridgehead atoms. The highest BCUT2D eigenvalue weighted by atomic mass is 79.9. The summed E-state index contributed by atoms with van der Waals surface area (Å²) < 4.78 is 11.7. The molecule has 0 aliphatic rings. The van der Waals surface area contributed by atoms with Crippen molar-refractivity contribution < 1.29 is 14.3 Å². The lowest BCUT2D eigenvalue weighted by atomic mass is 9.99. The normalized spacial score (nSPS) is 11.3. The van der Waals surface area contributed by atoms with Crippen LogP contribution in [0, 0.1) is 18.3 Å². The fourth-order valence-electron chi connectivity index (χ4n) is 3.13. The van der Waals surface area contributed by atoms with Crippen LogP contribution in [0.3, 0.4) is 0 Å². The molecule has 0 fully saturated rings. The molecule has 142 valence electrons. The highest BCUT2D eigenvalue weighted by molar-refractivity contribution is 9.10. The maximum absolute atomic E-state index is 13.1. The number of rotatable bonds is 6. The third-order valence-corrected chi connectivity index (χ3v) is 4.93. The van der Waals surface area contributed by atoms with Gasteiger partial charge in [-0.1, -0.05) is 18.2 Å². The Kier molecular flexibility index (Phi) is 5.86. The predicted octanol–water partition coefficient (Wildman–Crippen LogP) is 5.44. The molecular weight excluding hydrogens is 420 g/mol. The second-order valence-electron chi connectivity index (χ2n) is 6.14. The van der Waals surface area contributed by atoms with Crippen LogP contribution in [0.1, 0.15) is 28.5 Å². The molecule has 0 radical (unpaired) electrons. The fraction of sp³-hybridized carbons (Fsp3) is 0.182. The minimum Gasteiger partial charge on any atom is -0.493 e. The third kappa shape index (κ3) is 3.67. The summed E-state index contributed by atoms with van der Waals surface area (Å²) >= 11 is 3.46. The molecule has 3 rings (SSSR count). The first-order valence-electron chi connectivity index (χ1n) is 8.74. The molecule has 3 aromatic rings. The van der Waals surface area contributed by atoms with E-state index in [-0.39, 0.29) is 11.4 Å². The van der Waals surface area contributed by atoms with Gasteiger partial charge in [0.05, 0.1) is 23.8 Å². The van der Waals surface area contributed by atoms with Crippen molar-refractivity contribution in [3.8, 4) is 17.6 Å². The number of aryl methyl sites for hydroxylation is 1. The van der Waals surface area contributed by atoms with Crippen molar-refractivity contribution in [3.63, 3.8) is 0 Å². The van der Waals surface area contributed by atoms with Crippen molar-refractivity contribution in [3.05, 3.63) is 63.3 Å². The Hall–Kier alpha value is -3.04. The van der Waals surface area contributed by atoms with Crippen molar-refractivity contribution in [2.45, 2.75) is 13.8 Å². The Bertz CT molecular complexity index is 1120. The van der Waals surface area contributed by atoms with Gasteiger partial charge in [0.25, 0.3) is 0 Å². The average molecular weight is 439 g/mol. The zero-order chi connectivity index (χ0) is 20.3. The summed E-state index contributed by atoms with van der Waals surface area (Å²) in [5.41, 5.74) is 2.82. The Morgan fingerprint density at radius 1 is 1.32 bits per heavy atom. The minimum atomic E-state index is -0.318. The molecule has 1 aromatic heterocycles. The van der Waals surface area contributed by atoms with Gasteiger partial charge in [-0.25, -0.2) is 0 Å². The molecule has 6 heteroatoms. The van der Waals surface area contributed by atoms with Crippen LogP contribution in [0.25, 0.3) is 17.0 Å². The quantitative estimate of drug-likeness (QED) is 0.316. The van der Waals surface area contributed by atoms with Crippen LogP contribution < -0.4 is 9.47 Å². The van der Waals surface area contributed by atoms with Gasteiger partial charge in [-0.2, -0.15) is 5.26 Å². The number of ketones is 1. The number of nitrogens with one attached hydrogen (secondary N) is 1. The van der Waals surface area contributed by atoms with Gasteiger partial charge in [0.15, 0.2) is 11.5 Å². The lowest BCUT2D eigenvalue weighted by molar-refractivity contribution is 0.104. The van der Waals surface area contributed by atoms with E-state index in [2.05, 4.69) is 20.9 Å². The van der Waals surface area contributed by atoms with E-state index < -0.39 is 0 Å². The number of ether oxygens (including phenoxy) is 2. The molecule has 0 atom stereocenters. The number of Topliss-reactive ketones (excluding diaryl/α,β-unsaturated/α-hetero) is 1. The van der Waals surface area contributed by atoms with Gasteiger partial charge >= 0.3 is 0 Å². The van der Waals surface area contributed by atoms with Crippen molar-refractivity contribution in [1.29, 1.82) is 5.26 Å². The summed E-state index contributed by atoms with van der Waals surface area (Å²) in [6.45, 7) is 4.21. The van der Waals surface area contributed by atoms with Crippen molar-refractivity contribution in [2.24, 2.45) is 0 Å². The van der Waals surface area contributed by atoms with Crippen molar-refractivity contribution in [2.75, 3.05) is 13.7 Å². The van der Waals surface area contributed by atoms with E-state index in [1.165, 1.54) is 0 Å². The topological polar surface area (TPSA) is 75.1 Å². The Balaban J connectivity index is 2.07. The number of para-hydroxylation sites is 1. The molecule has 0 spiro atoms. The predicted molar refractivity (Wildman–Crippen MR) is 113 cm³/mol. The minimum absolute atomic E-state index is 0.0472. The maximum atomic E-state index is 13.1. The van der Waals surface area contributed by atoms with Gasteiger partial charge in [0, 0.05) is 16.6 Å². The van der Waals surface area contributed by atoms with E-state index in [0.717, 1.165) is 16.6 Å². The van der Waals surface area contributed by atoms with Crippen LogP contribution in [-0.2, 0) is 0 Å². The largest absolute Gasteiger partial charge is 0.493 e. The summed E-state index contributed by atoms with van der Waals surface area (Å²) in [5, 5.41) is 10.4. The van der Waals surface area contributed by atoms with Gasteiger partial charge in [-0.3, -0.25) is 4.79 Å². The molecular formula is C22H19BrN2O3. The molecule has 28 heavy (non-hydrogen) atoms. The molecule has 0 unspecified atom stereocenters. The van der Waals surface area contributed by atoms with Crippen LogP contribution >= 0.6 is 15.9 Å². The number of fused-ring (bicyclic) bond motifs is 1. The van der Waals surface area contributed by atoms with Crippen LogP contribution in [0.15, 0.2) is 46.4 Å². The first-order chi connectivity index (χ1) is 13.5. The number of carbonyl (C=O) groups is 1. The highest BCUT2D eigenvalue weighted by Gasteiger charge is 2.20. The van der Waals surface area contributed by atoms with E-state index in [4.69, 9.17) is 9.47 Å². The number of hydrogen-bond donors (Lipinski definition) is 1. The Labute approximate surface area is 171 Å². The zero-order valence-electron chi connectivity index (χ0n) is 15.8. The molecule has 0 aliphatic heterocycles. The smallest absolute Gasteiger partial charge is 0.205 e. The van der Waals surface area contributed by atoms with Crippen molar-refractivity contribution >= 4 is 38.7 Å². The van der Waals surface area contributed by atoms with E-state index in [9.17, 15) is 10.1 Å². The van der Waals surface area contributed by atoms with E-state index in [1.807, 2.05) is 44.2 Å². The number of aromatic nitrogens is 1. The van der Waals surface area contributed by atoms with Crippen molar-refractivity contribution in [1.82, 2.24) is 4.98 Å². The monoisotopic (exact) mass is 438 g/mol. The number of nitrogens with zero attached hydrogens (tertiary/aromatic N) is 1. The van der Waals surface area contributed by atoms with Crippen LogP contribution in [-0.4, -0.2) is 24.5 Å². The number of methoxy groups -OCH3 is 1. The molecule has 0 amide bonds. The SMILES string of the molecule is CCOc1c(Br)cc(/C=C(\C#N)C(=O)c2c(C)[nH]c3ccccc23)cc1OC. The number of H-pyrrole nitrogens is 1. The number of hydrogen-bond acceptors (Lipinski definition) is 4. The van der Waals surface area contributed by atoms with Gasteiger partial charge in [0.2, 0.25) is 5.78 Å². The van der Waals surface area contributed by atoms with Crippen LogP contribution in [0.5, 0.6) is 11.5 Å². The van der Waals surface area contributed by atoms with Gasteiger partial charge < -0.3 is 14.5 Å².